The van der Waals surface area contributed by atoms with E-state index in [9.17, 15) is 0 Å². The van der Waals surface area contributed by atoms with Crippen LogP contribution in [-0.4, -0.2) is 14.8 Å². The molecule has 16 heavy (non-hydrogen) atoms. The second-order valence-electron chi connectivity index (χ2n) is 3.76. The molecule has 0 aliphatic heterocycles. The Labute approximate surface area is 99.9 Å². The minimum absolute atomic E-state index is 0.386. The second kappa shape index (κ2) is 4.06. The van der Waals surface area contributed by atoms with Gasteiger partial charge < -0.3 is 5.73 Å². The number of hydrogen-bond acceptors (Lipinski definition) is 2. The van der Waals surface area contributed by atoms with E-state index in [1.54, 1.807) is 6.20 Å². The maximum Gasteiger partial charge on any atom is 0.107 e. The summed E-state index contributed by atoms with van der Waals surface area (Å²) >= 11 is 4.96. The van der Waals surface area contributed by atoms with Crippen LogP contribution in [0.3, 0.4) is 0 Å². The Hall–Kier alpha value is -1.68. The third kappa shape index (κ3) is 1.84. The van der Waals surface area contributed by atoms with Crippen LogP contribution in [0.4, 0.5) is 0 Å². The highest BCUT2D eigenvalue weighted by atomic mass is 32.1. The zero-order valence-electron chi connectivity index (χ0n) is 9.27. The van der Waals surface area contributed by atoms with Gasteiger partial charge in [-0.2, -0.15) is 5.10 Å². The van der Waals surface area contributed by atoms with Crippen molar-refractivity contribution in [3.05, 3.63) is 47.3 Å². The summed E-state index contributed by atoms with van der Waals surface area (Å²) in [7, 11) is 0. The lowest BCUT2D eigenvalue weighted by Gasteiger charge is -2.05. The van der Waals surface area contributed by atoms with E-state index in [0.717, 1.165) is 16.9 Å². The molecule has 0 fully saturated rings. The lowest BCUT2D eigenvalue weighted by Crippen LogP contribution is -2.10. The zero-order chi connectivity index (χ0) is 11.7. The van der Waals surface area contributed by atoms with E-state index in [2.05, 4.69) is 24.2 Å². The monoisotopic (exact) mass is 231 g/mol. The Morgan fingerprint density at radius 3 is 2.69 bits per heavy atom. The molecular formula is C12H13N3S. The van der Waals surface area contributed by atoms with Gasteiger partial charge in [-0.25, -0.2) is 4.68 Å². The Morgan fingerprint density at radius 2 is 2.12 bits per heavy atom. The molecule has 0 aliphatic carbocycles. The minimum atomic E-state index is 0.386. The summed E-state index contributed by atoms with van der Waals surface area (Å²) in [4.78, 5) is 0.386. The van der Waals surface area contributed by atoms with E-state index in [0.29, 0.717) is 4.99 Å². The summed E-state index contributed by atoms with van der Waals surface area (Å²) in [5.74, 6) is 0. The molecule has 0 saturated carbocycles. The van der Waals surface area contributed by atoms with Crippen molar-refractivity contribution in [1.29, 1.82) is 0 Å². The first-order chi connectivity index (χ1) is 7.59. The van der Waals surface area contributed by atoms with Crippen molar-refractivity contribution in [3.8, 4) is 5.69 Å². The Balaban J connectivity index is 2.53. The first kappa shape index (κ1) is 10.8. The van der Waals surface area contributed by atoms with Crippen LogP contribution in [0.15, 0.2) is 30.5 Å². The predicted octanol–water partition coefficient (Wildman–Crippen LogP) is 2.12. The van der Waals surface area contributed by atoms with Crippen molar-refractivity contribution < 1.29 is 0 Å². The molecular weight excluding hydrogens is 218 g/mol. The fourth-order valence-corrected chi connectivity index (χ4v) is 1.87. The highest BCUT2D eigenvalue weighted by Crippen LogP contribution is 2.15. The molecule has 2 aromatic rings. The van der Waals surface area contributed by atoms with Crippen LogP contribution in [0.25, 0.3) is 5.69 Å². The maximum absolute atomic E-state index is 5.61. The third-order valence-corrected chi connectivity index (χ3v) is 2.74. The summed E-state index contributed by atoms with van der Waals surface area (Å²) in [6.07, 6.45) is 1.71. The van der Waals surface area contributed by atoms with Crippen LogP contribution in [-0.2, 0) is 0 Å². The minimum Gasteiger partial charge on any atom is -0.389 e. The van der Waals surface area contributed by atoms with Gasteiger partial charge in [0.15, 0.2) is 0 Å². The van der Waals surface area contributed by atoms with Gasteiger partial charge in [0.05, 0.1) is 23.1 Å². The van der Waals surface area contributed by atoms with E-state index in [-0.39, 0.29) is 0 Å². The first-order valence-electron chi connectivity index (χ1n) is 5.01. The van der Waals surface area contributed by atoms with Gasteiger partial charge in [-0.05, 0) is 31.5 Å². The van der Waals surface area contributed by atoms with Crippen molar-refractivity contribution in [2.24, 2.45) is 5.73 Å². The van der Waals surface area contributed by atoms with Gasteiger partial charge in [0.25, 0.3) is 0 Å². The van der Waals surface area contributed by atoms with E-state index < -0.39 is 0 Å². The summed E-state index contributed by atoms with van der Waals surface area (Å²) in [5, 5.41) is 4.30. The van der Waals surface area contributed by atoms with Crippen molar-refractivity contribution in [2.75, 3.05) is 0 Å². The molecule has 0 amide bonds. The topological polar surface area (TPSA) is 43.8 Å². The van der Waals surface area contributed by atoms with Crippen LogP contribution in [0, 0.1) is 13.8 Å². The quantitative estimate of drug-likeness (QED) is 0.805. The Kier molecular flexibility index (Phi) is 2.75. The molecule has 2 rings (SSSR count). The maximum atomic E-state index is 5.61. The average molecular weight is 231 g/mol. The molecule has 0 aliphatic rings. The fourth-order valence-electron chi connectivity index (χ4n) is 1.67. The van der Waals surface area contributed by atoms with Crippen LogP contribution < -0.4 is 5.73 Å². The van der Waals surface area contributed by atoms with Crippen molar-refractivity contribution >= 4 is 17.2 Å². The summed E-state index contributed by atoms with van der Waals surface area (Å²) in [6.45, 7) is 4.01. The van der Waals surface area contributed by atoms with Crippen molar-refractivity contribution in [3.63, 3.8) is 0 Å². The molecule has 0 saturated heterocycles. The number of thiocarbonyl (C=S) groups is 1. The molecule has 1 heterocycles. The molecule has 0 bridgehead atoms. The molecule has 3 nitrogen and oxygen atoms in total. The van der Waals surface area contributed by atoms with Crippen LogP contribution in [0.5, 0.6) is 0 Å². The van der Waals surface area contributed by atoms with Gasteiger partial charge in [0.2, 0.25) is 0 Å². The Morgan fingerprint density at radius 1 is 1.38 bits per heavy atom. The summed E-state index contributed by atoms with van der Waals surface area (Å²) in [6, 6.07) is 8.14. The molecule has 2 N–H and O–H groups in total. The summed E-state index contributed by atoms with van der Waals surface area (Å²) in [5.41, 5.74) is 9.64. The highest BCUT2D eigenvalue weighted by Gasteiger charge is 2.09. The molecule has 82 valence electrons. The fraction of sp³-hybridized carbons (Fsp3) is 0.167. The van der Waals surface area contributed by atoms with E-state index >= 15 is 0 Å². The number of aryl methyl sites for hydroxylation is 1. The molecule has 0 atom stereocenters. The van der Waals surface area contributed by atoms with Crippen LogP contribution in [0.1, 0.15) is 16.8 Å². The molecule has 0 unspecified atom stereocenters. The molecule has 0 radical (unpaired) electrons. The van der Waals surface area contributed by atoms with Gasteiger partial charge in [-0.3, -0.25) is 0 Å². The zero-order valence-corrected chi connectivity index (χ0v) is 10.1. The smallest absolute Gasteiger partial charge is 0.107 e. The standard InChI is InChI=1S/C12H13N3S/c1-8-4-3-5-10(6-8)15-9(2)11(7-14-15)12(13)16/h3-7H,1-2H3,(H2,13,16). The van der Waals surface area contributed by atoms with Crippen molar-refractivity contribution in [2.45, 2.75) is 13.8 Å². The number of hydrogen-bond donors (Lipinski definition) is 1. The second-order valence-corrected chi connectivity index (χ2v) is 4.20. The number of benzene rings is 1. The van der Waals surface area contributed by atoms with Crippen molar-refractivity contribution in [1.82, 2.24) is 9.78 Å². The van der Waals surface area contributed by atoms with Crippen LogP contribution in [0.2, 0.25) is 0 Å². The third-order valence-electron chi connectivity index (χ3n) is 2.52. The predicted molar refractivity (Wildman–Crippen MR) is 68.9 cm³/mol. The number of nitrogens with two attached hydrogens (primary N) is 1. The van der Waals surface area contributed by atoms with Gasteiger partial charge in [0.1, 0.15) is 4.99 Å². The van der Waals surface area contributed by atoms with Gasteiger partial charge in [-0.15, -0.1) is 0 Å². The van der Waals surface area contributed by atoms with Crippen LogP contribution >= 0.6 is 12.2 Å². The molecule has 0 spiro atoms. The largest absolute Gasteiger partial charge is 0.389 e. The summed E-state index contributed by atoms with van der Waals surface area (Å²) < 4.78 is 1.85. The first-order valence-corrected chi connectivity index (χ1v) is 5.42. The van der Waals surface area contributed by atoms with Gasteiger partial charge in [-0.1, -0.05) is 24.4 Å². The van der Waals surface area contributed by atoms with E-state index in [1.165, 1.54) is 5.56 Å². The van der Waals surface area contributed by atoms with E-state index in [1.807, 2.05) is 23.7 Å². The average Bonchev–Trinajstić information content (AvgIpc) is 2.60. The number of rotatable bonds is 2. The molecule has 1 aromatic carbocycles. The van der Waals surface area contributed by atoms with Gasteiger partial charge >= 0.3 is 0 Å². The normalized spacial score (nSPS) is 10.4. The highest BCUT2D eigenvalue weighted by molar-refractivity contribution is 7.80. The van der Waals surface area contributed by atoms with E-state index in [4.69, 9.17) is 18.0 Å². The number of nitrogens with zero attached hydrogens (tertiary/aromatic N) is 2. The lowest BCUT2D eigenvalue weighted by molar-refractivity contribution is 0.846. The van der Waals surface area contributed by atoms with Gasteiger partial charge in [0, 0.05) is 0 Å². The SMILES string of the molecule is Cc1cccc(-n2ncc(C(N)=S)c2C)c1. The molecule has 1 aromatic heterocycles. The molecule has 4 heteroatoms. The Bertz CT molecular complexity index is 543. The number of aromatic nitrogens is 2. The lowest BCUT2D eigenvalue weighted by atomic mass is 10.2.